The number of hydrogen-bond donors (Lipinski definition) is 1. The number of benzene rings is 1. The fourth-order valence-electron chi connectivity index (χ4n) is 3.90. The van der Waals surface area contributed by atoms with Gasteiger partial charge in [-0.2, -0.15) is 0 Å². The van der Waals surface area contributed by atoms with E-state index in [1.165, 1.54) is 26.0 Å². The van der Waals surface area contributed by atoms with E-state index in [0.29, 0.717) is 5.92 Å². The Morgan fingerprint density at radius 2 is 2.14 bits per heavy atom. The number of rotatable bonds is 3. The molecular weight excluding hydrogens is 269 g/mol. The van der Waals surface area contributed by atoms with Crippen LogP contribution in [-0.4, -0.2) is 19.3 Å². The lowest BCUT2D eigenvalue weighted by Crippen LogP contribution is -2.40. The van der Waals surface area contributed by atoms with E-state index >= 15 is 0 Å². The summed E-state index contributed by atoms with van der Waals surface area (Å²) in [6.07, 6.45) is 6.75. The summed E-state index contributed by atoms with van der Waals surface area (Å²) < 4.78 is 24.9. The Hall–Kier alpha value is -1.13. The minimum absolute atomic E-state index is 0.0472. The Morgan fingerprint density at radius 3 is 2.81 bits per heavy atom. The number of halogens is 1. The number of methoxy groups -OCH3 is 1. The smallest absolute Gasteiger partial charge is 0.165 e. The normalized spacial score (nSPS) is 26.0. The van der Waals surface area contributed by atoms with Crippen molar-refractivity contribution in [1.29, 1.82) is 0 Å². The lowest BCUT2D eigenvalue weighted by molar-refractivity contribution is -0.0963. The van der Waals surface area contributed by atoms with Crippen molar-refractivity contribution in [2.75, 3.05) is 13.7 Å². The van der Waals surface area contributed by atoms with Crippen LogP contribution in [-0.2, 0) is 4.74 Å². The summed E-state index contributed by atoms with van der Waals surface area (Å²) in [5, 5.41) is 0. The molecular formula is C17H24FNO2. The molecule has 0 amide bonds. The highest BCUT2D eigenvalue weighted by molar-refractivity contribution is 5.31. The van der Waals surface area contributed by atoms with Crippen molar-refractivity contribution in [3.05, 3.63) is 29.6 Å². The van der Waals surface area contributed by atoms with Crippen molar-refractivity contribution < 1.29 is 13.9 Å². The molecule has 2 fully saturated rings. The van der Waals surface area contributed by atoms with Crippen LogP contribution in [0, 0.1) is 11.7 Å². The van der Waals surface area contributed by atoms with Gasteiger partial charge < -0.3 is 15.2 Å². The van der Waals surface area contributed by atoms with Crippen molar-refractivity contribution in [3.63, 3.8) is 0 Å². The summed E-state index contributed by atoms with van der Waals surface area (Å²) in [5.41, 5.74) is 7.32. The Balaban J connectivity index is 1.75. The summed E-state index contributed by atoms with van der Waals surface area (Å²) in [6.45, 7) is 0.775. The Morgan fingerprint density at radius 1 is 1.38 bits per heavy atom. The maximum Gasteiger partial charge on any atom is 0.165 e. The molecule has 2 unspecified atom stereocenters. The molecule has 1 spiro atoms. The number of ether oxygens (including phenoxy) is 2. The molecule has 116 valence electrons. The van der Waals surface area contributed by atoms with Crippen molar-refractivity contribution in [2.45, 2.75) is 50.2 Å². The van der Waals surface area contributed by atoms with Crippen molar-refractivity contribution in [3.8, 4) is 5.75 Å². The summed E-state index contributed by atoms with van der Waals surface area (Å²) in [7, 11) is 1.47. The molecule has 1 aromatic carbocycles. The monoisotopic (exact) mass is 293 g/mol. The Labute approximate surface area is 125 Å². The molecule has 1 saturated heterocycles. The molecule has 0 aromatic heterocycles. The predicted octanol–water partition coefficient (Wildman–Crippen LogP) is 3.57. The highest BCUT2D eigenvalue weighted by atomic mass is 19.1. The zero-order chi connectivity index (χ0) is 14.9. The lowest BCUT2D eigenvalue weighted by atomic mass is 9.79. The summed E-state index contributed by atoms with van der Waals surface area (Å²) in [6, 6.07) is 4.92. The van der Waals surface area contributed by atoms with E-state index in [1.807, 2.05) is 6.07 Å². The Bertz CT molecular complexity index is 500. The van der Waals surface area contributed by atoms with Gasteiger partial charge in [0.05, 0.1) is 12.7 Å². The van der Waals surface area contributed by atoms with Crippen molar-refractivity contribution in [1.82, 2.24) is 0 Å². The molecule has 2 aliphatic rings. The summed E-state index contributed by atoms with van der Waals surface area (Å²) in [4.78, 5) is 0. The molecule has 2 N–H and O–H groups in total. The minimum Gasteiger partial charge on any atom is -0.494 e. The van der Waals surface area contributed by atoms with Gasteiger partial charge in [-0.05, 0) is 49.3 Å². The van der Waals surface area contributed by atoms with Gasteiger partial charge in [0, 0.05) is 12.6 Å². The fourth-order valence-corrected chi connectivity index (χ4v) is 3.90. The second-order valence-corrected chi connectivity index (χ2v) is 6.41. The average Bonchev–Trinajstić information content (AvgIpc) is 2.94. The molecule has 1 aliphatic carbocycles. The van der Waals surface area contributed by atoms with E-state index in [0.717, 1.165) is 37.9 Å². The van der Waals surface area contributed by atoms with E-state index in [9.17, 15) is 4.39 Å². The highest BCUT2D eigenvalue weighted by Gasteiger charge is 2.41. The van der Waals surface area contributed by atoms with Crippen LogP contribution < -0.4 is 10.5 Å². The largest absolute Gasteiger partial charge is 0.494 e. The van der Waals surface area contributed by atoms with Crippen molar-refractivity contribution in [2.24, 2.45) is 11.7 Å². The molecule has 2 atom stereocenters. The van der Waals surface area contributed by atoms with Crippen LogP contribution in [0.5, 0.6) is 5.75 Å². The quantitative estimate of drug-likeness (QED) is 0.926. The third-order valence-electron chi connectivity index (χ3n) is 5.11. The van der Waals surface area contributed by atoms with Gasteiger partial charge in [0.15, 0.2) is 11.6 Å². The zero-order valence-electron chi connectivity index (χ0n) is 12.6. The van der Waals surface area contributed by atoms with Crippen LogP contribution in [0.4, 0.5) is 4.39 Å². The van der Waals surface area contributed by atoms with E-state index in [2.05, 4.69) is 0 Å². The van der Waals surface area contributed by atoms with Crippen LogP contribution in [0.1, 0.15) is 50.1 Å². The minimum atomic E-state index is -0.340. The lowest BCUT2D eigenvalue weighted by Gasteiger charge is -2.40. The zero-order valence-corrected chi connectivity index (χ0v) is 12.6. The van der Waals surface area contributed by atoms with Gasteiger partial charge >= 0.3 is 0 Å². The predicted molar refractivity (Wildman–Crippen MR) is 79.8 cm³/mol. The first-order valence-electron chi connectivity index (χ1n) is 7.86. The third kappa shape index (κ3) is 2.92. The molecule has 1 aliphatic heterocycles. The van der Waals surface area contributed by atoms with Crippen LogP contribution in [0.15, 0.2) is 18.2 Å². The van der Waals surface area contributed by atoms with Gasteiger partial charge in [-0.3, -0.25) is 0 Å². The Kier molecular flexibility index (Phi) is 4.18. The first kappa shape index (κ1) is 14.8. The first-order valence-corrected chi connectivity index (χ1v) is 7.86. The molecule has 0 bridgehead atoms. The van der Waals surface area contributed by atoms with E-state index in [4.69, 9.17) is 15.2 Å². The molecule has 1 aromatic rings. The maximum atomic E-state index is 13.9. The molecule has 1 heterocycles. The molecule has 4 heteroatoms. The second kappa shape index (κ2) is 5.93. The van der Waals surface area contributed by atoms with Crippen LogP contribution >= 0.6 is 0 Å². The van der Waals surface area contributed by atoms with Gasteiger partial charge in [-0.1, -0.05) is 18.9 Å². The van der Waals surface area contributed by atoms with Gasteiger partial charge in [-0.25, -0.2) is 4.39 Å². The molecule has 1 saturated carbocycles. The van der Waals surface area contributed by atoms with Crippen LogP contribution in [0.25, 0.3) is 0 Å². The third-order valence-corrected chi connectivity index (χ3v) is 5.11. The first-order chi connectivity index (χ1) is 10.1. The SMILES string of the molecule is COc1ccc(C(N)C2CCOC3(CCCC3)C2)cc1F. The van der Waals surface area contributed by atoms with E-state index in [1.54, 1.807) is 6.07 Å². The topological polar surface area (TPSA) is 44.5 Å². The second-order valence-electron chi connectivity index (χ2n) is 6.41. The van der Waals surface area contributed by atoms with E-state index < -0.39 is 0 Å². The van der Waals surface area contributed by atoms with Crippen LogP contribution in [0.2, 0.25) is 0 Å². The fraction of sp³-hybridized carbons (Fsp3) is 0.647. The summed E-state index contributed by atoms with van der Waals surface area (Å²) in [5.74, 6) is 0.294. The molecule has 0 radical (unpaired) electrons. The standard InChI is InChI=1S/C17H24FNO2/c1-20-15-5-4-12(10-14(15)18)16(19)13-6-9-21-17(11-13)7-2-3-8-17/h4-5,10,13,16H,2-3,6-9,11,19H2,1H3. The van der Waals surface area contributed by atoms with Gasteiger partial charge in [0.1, 0.15) is 0 Å². The van der Waals surface area contributed by atoms with Crippen molar-refractivity contribution >= 4 is 0 Å². The highest BCUT2D eigenvalue weighted by Crippen LogP contribution is 2.44. The molecule has 21 heavy (non-hydrogen) atoms. The molecule has 3 rings (SSSR count). The number of hydrogen-bond acceptors (Lipinski definition) is 3. The molecule has 3 nitrogen and oxygen atoms in total. The van der Waals surface area contributed by atoms with E-state index in [-0.39, 0.29) is 23.2 Å². The number of nitrogens with two attached hydrogens (primary N) is 1. The van der Waals surface area contributed by atoms with Crippen LogP contribution in [0.3, 0.4) is 0 Å². The van der Waals surface area contributed by atoms with Gasteiger partial charge in [0.2, 0.25) is 0 Å². The van der Waals surface area contributed by atoms with Gasteiger partial charge in [-0.15, -0.1) is 0 Å². The van der Waals surface area contributed by atoms with Gasteiger partial charge in [0.25, 0.3) is 0 Å². The summed E-state index contributed by atoms with van der Waals surface area (Å²) >= 11 is 0. The average molecular weight is 293 g/mol. The maximum absolute atomic E-state index is 13.9.